The van der Waals surface area contributed by atoms with Crippen LogP contribution in [0.15, 0.2) is 40.5 Å². The first-order chi connectivity index (χ1) is 11.5. The van der Waals surface area contributed by atoms with Gasteiger partial charge in [0.05, 0.1) is 23.9 Å². The molecule has 1 aromatic rings. The van der Waals surface area contributed by atoms with Crippen LogP contribution in [-0.4, -0.2) is 34.3 Å². The van der Waals surface area contributed by atoms with E-state index in [1.54, 1.807) is 30.5 Å². The largest absolute Gasteiger partial charge is 0.463 e. The number of fused-ring (bicyclic) bond motifs is 1. The summed E-state index contributed by atoms with van der Waals surface area (Å²) in [6, 6.07) is 7.42. The first-order valence-corrected chi connectivity index (χ1v) is 8.99. The highest BCUT2D eigenvalue weighted by Gasteiger charge is 2.41. The van der Waals surface area contributed by atoms with Gasteiger partial charge in [0.25, 0.3) is 0 Å². The molecular weight excluding hydrogens is 324 g/mol. The van der Waals surface area contributed by atoms with Crippen LogP contribution in [0.1, 0.15) is 37.4 Å². The van der Waals surface area contributed by atoms with Crippen LogP contribution in [0.4, 0.5) is 0 Å². The summed E-state index contributed by atoms with van der Waals surface area (Å²) in [6.45, 7) is 5.87. The second kappa shape index (κ2) is 6.81. The van der Waals surface area contributed by atoms with Crippen LogP contribution in [0.25, 0.3) is 0 Å². The number of ether oxygens (including phenoxy) is 1. The van der Waals surface area contributed by atoms with Gasteiger partial charge in [0.1, 0.15) is 0 Å². The zero-order chi connectivity index (χ0) is 17.3. The molecule has 0 saturated carbocycles. The minimum absolute atomic E-state index is 0.00706. The fraction of sp³-hybridized carbons (Fsp3) is 0.389. The van der Waals surface area contributed by atoms with Gasteiger partial charge in [0.2, 0.25) is 5.91 Å². The number of carbonyl (C=O) groups is 2. The molecule has 5 nitrogen and oxygen atoms in total. The van der Waals surface area contributed by atoms with Gasteiger partial charge in [-0.1, -0.05) is 41.6 Å². The number of nitrogens with zero attached hydrogens (tertiary/aromatic N) is 2. The molecule has 1 atom stereocenters. The number of esters is 1. The summed E-state index contributed by atoms with van der Waals surface area (Å²) in [5.74, 6) is 0.302. The lowest BCUT2D eigenvalue weighted by Crippen LogP contribution is -2.45. The third-order valence-corrected chi connectivity index (χ3v) is 5.05. The summed E-state index contributed by atoms with van der Waals surface area (Å²) in [4.78, 5) is 31.3. The molecule has 0 radical (unpaired) electrons. The fourth-order valence-corrected chi connectivity index (χ4v) is 3.94. The van der Waals surface area contributed by atoms with Gasteiger partial charge >= 0.3 is 5.97 Å². The van der Waals surface area contributed by atoms with E-state index < -0.39 is 12.0 Å². The van der Waals surface area contributed by atoms with Crippen molar-refractivity contribution < 1.29 is 14.3 Å². The van der Waals surface area contributed by atoms with Gasteiger partial charge in [-0.3, -0.25) is 9.69 Å². The maximum atomic E-state index is 12.6. The number of allylic oxidation sites excluding steroid dienone is 1. The van der Waals surface area contributed by atoms with Crippen molar-refractivity contribution in [3.8, 4) is 0 Å². The Morgan fingerprint density at radius 2 is 2.04 bits per heavy atom. The van der Waals surface area contributed by atoms with Crippen LogP contribution >= 0.6 is 11.8 Å². The molecular formula is C18H20N2O3S. The van der Waals surface area contributed by atoms with Crippen LogP contribution in [-0.2, 0) is 14.3 Å². The molecule has 3 rings (SSSR count). The summed E-state index contributed by atoms with van der Waals surface area (Å²) in [6.07, 6.45) is 0.446. The van der Waals surface area contributed by atoms with Crippen molar-refractivity contribution in [2.24, 2.45) is 4.99 Å². The van der Waals surface area contributed by atoms with E-state index >= 15 is 0 Å². The summed E-state index contributed by atoms with van der Waals surface area (Å²) in [5, 5.41) is 0.669. The number of aliphatic imine (C=N–C) groups is 1. The standard InChI is InChI=1S/C18H20N2O3S/c1-4-23-17(22)15-12(3)19-18-20(14(21)9-10-24-18)16(15)13-7-5-11(2)6-8-13/h5-8,16H,4,9-10H2,1-3H3. The first kappa shape index (κ1) is 16.8. The van der Waals surface area contributed by atoms with Crippen molar-refractivity contribution in [2.75, 3.05) is 12.4 Å². The quantitative estimate of drug-likeness (QED) is 0.790. The smallest absolute Gasteiger partial charge is 0.338 e. The summed E-state index contributed by atoms with van der Waals surface area (Å²) >= 11 is 1.55. The second-order valence-electron chi connectivity index (χ2n) is 5.79. The number of thioether (sulfide) groups is 1. The van der Waals surface area contributed by atoms with Gasteiger partial charge in [0.15, 0.2) is 5.17 Å². The second-order valence-corrected chi connectivity index (χ2v) is 6.85. The van der Waals surface area contributed by atoms with Crippen LogP contribution in [0.5, 0.6) is 0 Å². The lowest BCUT2D eigenvalue weighted by molar-refractivity contribution is -0.139. The van der Waals surface area contributed by atoms with Gasteiger partial charge in [-0.25, -0.2) is 9.79 Å². The molecule has 2 heterocycles. The van der Waals surface area contributed by atoms with Gasteiger partial charge in [-0.05, 0) is 26.3 Å². The molecule has 2 aliphatic rings. The zero-order valence-corrected chi connectivity index (χ0v) is 14.9. The highest BCUT2D eigenvalue weighted by atomic mass is 32.2. The van der Waals surface area contributed by atoms with Crippen molar-refractivity contribution in [3.63, 3.8) is 0 Å². The molecule has 1 amide bonds. The average molecular weight is 344 g/mol. The molecule has 0 bridgehead atoms. The Kier molecular flexibility index (Phi) is 4.76. The maximum Gasteiger partial charge on any atom is 0.338 e. The highest BCUT2D eigenvalue weighted by molar-refractivity contribution is 8.14. The van der Waals surface area contributed by atoms with E-state index in [1.165, 1.54) is 0 Å². The molecule has 1 unspecified atom stereocenters. The van der Waals surface area contributed by atoms with Crippen molar-refractivity contribution >= 4 is 28.8 Å². The van der Waals surface area contributed by atoms with Gasteiger partial charge in [-0.2, -0.15) is 0 Å². The van der Waals surface area contributed by atoms with E-state index in [1.807, 2.05) is 31.2 Å². The summed E-state index contributed by atoms with van der Waals surface area (Å²) in [5.41, 5.74) is 3.08. The molecule has 1 saturated heterocycles. The molecule has 1 fully saturated rings. The number of hydrogen-bond acceptors (Lipinski definition) is 5. The Balaban J connectivity index is 2.14. The average Bonchev–Trinajstić information content (AvgIpc) is 2.55. The predicted molar refractivity (Wildman–Crippen MR) is 94.6 cm³/mol. The van der Waals surface area contributed by atoms with E-state index in [9.17, 15) is 9.59 Å². The number of amides is 1. The molecule has 1 aromatic carbocycles. The molecule has 0 aliphatic carbocycles. The van der Waals surface area contributed by atoms with E-state index in [4.69, 9.17) is 4.74 Å². The summed E-state index contributed by atoms with van der Waals surface area (Å²) < 4.78 is 5.23. The molecule has 24 heavy (non-hydrogen) atoms. The SMILES string of the molecule is CCOC(=O)C1=C(C)N=C2SCCC(=O)N2C1c1ccc(C)cc1. The Morgan fingerprint density at radius 3 is 2.71 bits per heavy atom. The number of rotatable bonds is 3. The molecule has 0 N–H and O–H groups in total. The highest BCUT2D eigenvalue weighted by Crippen LogP contribution is 2.40. The molecule has 0 spiro atoms. The lowest BCUT2D eigenvalue weighted by atomic mass is 9.93. The maximum absolute atomic E-state index is 12.6. The van der Waals surface area contributed by atoms with Crippen molar-refractivity contribution in [1.82, 2.24) is 4.90 Å². The predicted octanol–water partition coefficient (Wildman–Crippen LogP) is 3.21. The van der Waals surface area contributed by atoms with Gasteiger partial charge in [0, 0.05) is 12.2 Å². The fourth-order valence-electron chi connectivity index (χ4n) is 2.93. The van der Waals surface area contributed by atoms with E-state index in [-0.39, 0.29) is 12.5 Å². The van der Waals surface area contributed by atoms with Crippen molar-refractivity contribution in [2.45, 2.75) is 33.2 Å². The number of amidine groups is 1. The Bertz CT molecular complexity index is 737. The minimum Gasteiger partial charge on any atom is -0.463 e. The van der Waals surface area contributed by atoms with Crippen LogP contribution in [0.2, 0.25) is 0 Å². The summed E-state index contributed by atoms with van der Waals surface area (Å²) in [7, 11) is 0. The van der Waals surface area contributed by atoms with Crippen molar-refractivity contribution in [1.29, 1.82) is 0 Å². The topological polar surface area (TPSA) is 59.0 Å². The van der Waals surface area contributed by atoms with Gasteiger partial charge < -0.3 is 4.74 Å². The monoisotopic (exact) mass is 344 g/mol. The third-order valence-electron chi connectivity index (χ3n) is 4.10. The van der Waals surface area contributed by atoms with Crippen LogP contribution in [0, 0.1) is 6.92 Å². The number of benzene rings is 1. The normalized spacial score (nSPS) is 20.6. The number of carbonyl (C=O) groups excluding carboxylic acids is 2. The van der Waals surface area contributed by atoms with Crippen molar-refractivity contribution in [3.05, 3.63) is 46.7 Å². The number of aryl methyl sites for hydroxylation is 1. The third kappa shape index (κ3) is 2.98. The zero-order valence-electron chi connectivity index (χ0n) is 14.0. The molecule has 126 valence electrons. The van der Waals surface area contributed by atoms with E-state index in [0.717, 1.165) is 16.9 Å². The van der Waals surface area contributed by atoms with Crippen LogP contribution < -0.4 is 0 Å². The number of hydrogen-bond donors (Lipinski definition) is 0. The minimum atomic E-state index is -0.475. The first-order valence-electron chi connectivity index (χ1n) is 8.01. The van der Waals surface area contributed by atoms with E-state index in [2.05, 4.69) is 4.99 Å². The molecule has 6 heteroatoms. The Morgan fingerprint density at radius 1 is 1.33 bits per heavy atom. The van der Waals surface area contributed by atoms with Crippen LogP contribution in [0.3, 0.4) is 0 Å². The molecule has 0 aromatic heterocycles. The van der Waals surface area contributed by atoms with Gasteiger partial charge in [-0.15, -0.1) is 0 Å². The van der Waals surface area contributed by atoms with E-state index in [0.29, 0.717) is 22.9 Å². The molecule has 2 aliphatic heterocycles. The lowest BCUT2D eigenvalue weighted by Gasteiger charge is -2.38. The Hall–Kier alpha value is -2.08. The Labute approximate surface area is 145 Å².